The van der Waals surface area contributed by atoms with Gasteiger partial charge in [-0.15, -0.1) is 0 Å². The Kier molecular flexibility index (Phi) is 2.50. The van der Waals surface area contributed by atoms with Crippen molar-refractivity contribution < 1.29 is 4.79 Å². The molecule has 0 radical (unpaired) electrons. The molecular formula is C7H8ClN3O. The summed E-state index contributed by atoms with van der Waals surface area (Å²) in [6, 6.07) is 1.48. The maximum absolute atomic E-state index is 11.0. The zero-order valence-corrected chi connectivity index (χ0v) is 7.22. The Hall–Kier alpha value is -1.29. The van der Waals surface area contributed by atoms with E-state index >= 15 is 0 Å². The third-order valence-corrected chi connectivity index (χ3v) is 1.67. The Balaban J connectivity index is 3.05. The average molecular weight is 186 g/mol. The molecule has 0 aliphatic rings. The standard InChI is InChI=1S/C7H8ClN3O/c1-10-7(12)4-2-5(9)6(8)11-3-4/h2-3H,9H2,1H3,(H,10,12). The summed E-state index contributed by atoms with van der Waals surface area (Å²) < 4.78 is 0. The van der Waals surface area contributed by atoms with E-state index in [4.69, 9.17) is 17.3 Å². The molecule has 64 valence electrons. The second kappa shape index (κ2) is 3.40. The van der Waals surface area contributed by atoms with Crippen molar-refractivity contribution >= 4 is 23.2 Å². The van der Waals surface area contributed by atoms with Crippen LogP contribution in [0.4, 0.5) is 5.69 Å². The largest absolute Gasteiger partial charge is 0.396 e. The fourth-order valence-corrected chi connectivity index (χ4v) is 0.837. The summed E-state index contributed by atoms with van der Waals surface area (Å²) in [5, 5.41) is 2.66. The van der Waals surface area contributed by atoms with Gasteiger partial charge in [-0.25, -0.2) is 4.98 Å². The molecule has 0 aromatic carbocycles. The van der Waals surface area contributed by atoms with Gasteiger partial charge in [-0.3, -0.25) is 4.79 Å². The second-order valence-corrected chi connectivity index (χ2v) is 2.54. The summed E-state index contributed by atoms with van der Waals surface area (Å²) in [6.07, 6.45) is 1.37. The molecule has 0 fully saturated rings. The Bertz CT molecular complexity index is 314. The number of rotatable bonds is 1. The van der Waals surface area contributed by atoms with Gasteiger partial charge < -0.3 is 11.1 Å². The Labute approximate surface area is 74.7 Å². The number of anilines is 1. The van der Waals surface area contributed by atoms with Crippen molar-refractivity contribution in [3.63, 3.8) is 0 Å². The number of hydrogen-bond acceptors (Lipinski definition) is 3. The summed E-state index contributed by atoms with van der Waals surface area (Å²) in [5.74, 6) is -0.231. The fraction of sp³-hybridized carbons (Fsp3) is 0.143. The second-order valence-electron chi connectivity index (χ2n) is 2.18. The monoisotopic (exact) mass is 185 g/mol. The molecule has 1 aromatic rings. The third kappa shape index (κ3) is 1.65. The highest BCUT2D eigenvalue weighted by molar-refractivity contribution is 6.31. The average Bonchev–Trinajstić information content (AvgIpc) is 2.08. The van der Waals surface area contributed by atoms with E-state index in [1.807, 2.05) is 0 Å². The quantitative estimate of drug-likeness (QED) is 0.633. The number of pyridine rings is 1. The van der Waals surface area contributed by atoms with Gasteiger partial charge in [0.05, 0.1) is 11.3 Å². The number of nitrogens with two attached hydrogens (primary N) is 1. The summed E-state index contributed by atoms with van der Waals surface area (Å²) in [5.41, 5.74) is 6.14. The molecule has 0 aliphatic heterocycles. The van der Waals surface area contributed by atoms with Gasteiger partial charge >= 0.3 is 0 Å². The van der Waals surface area contributed by atoms with Gasteiger partial charge in [-0.05, 0) is 6.07 Å². The first kappa shape index (κ1) is 8.80. The van der Waals surface area contributed by atoms with Crippen molar-refractivity contribution in [3.8, 4) is 0 Å². The van der Waals surface area contributed by atoms with Gasteiger partial charge in [0.2, 0.25) is 0 Å². The lowest BCUT2D eigenvalue weighted by Crippen LogP contribution is -2.18. The lowest BCUT2D eigenvalue weighted by Gasteiger charge is -2.00. The number of amides is 1. The lowest BCUT2D eigenvalue weighted by molar-refractivity contribution is 0.0963. The van der Waals surface area contributed by atoms with Crippen molar-refractivity contribution in [3.05, 3.63) is 23.0 Å². The maximum Gasteiger partial charge on any atom is 0.252 e. The van der Waals surface area contributed by atoms with Crippen LogP contribution < -0.4 is 11.1 Å². The molecule has 3 N–H and O–H groups in total. The number of carbonyl (C=O) groups is 1. The van der Waals surface area contributed by atoms with Crippen molar-refractivity contribution in [1.29, 1.82) is 0 Å². The topological polar surface area (TPSA) is 68.0 Å². The van der Waals surface area contributed by atoms with E-state index in [9.17, 15) is 4.79 Å². The molecule has 0 unspecified atom stereocenters. The number of nitrogen functional groups attached to an aromatic ring is 1. The molecule has 1 rings (SSSR count). The van der Waals surface area contributed by atoms with Crippen molar-refractivity contribution in [2.24, 2.45) is 0 Å². The molecule has 1 heterocycles. The molecule has 0 bridgehead atoms. The molecule has 0 atom stereocenters. The fourth-order valence-electron chi connectivity index (χ4n) is 0.734. The molecule has 1 aromatic heterocycles. The zero-order valence-electron chi connectivity index (χ0n) is 6.47. The number of aromatic nitrogens is 1. The van der Waals surface area contributed by atoms with Crippen molar-refractivity contribution in [1.82, 2.24) is 10.3 Å². The van der Waals surface area contributed by atoms with Gasteiger partial charge in [-0.1, -0.05) is 11.6 Å². The highest BCUT2D eigenvalue weighted by atomic mass is 35.5. The van der Waals surface area contributed by atoms with Crippen LogP contribution in [0.5, 0.6) is 0 Å². The summed E-state index contributed by atoms with van der Waals surface area (Å²) in [7, 11) is 1.53. The molecule has 5 heteroatoms. The van der Waals surface area contributed by atoms with Crippen LogP contribution in [-0.4, -0.2) is 17.9 Å². The van der Waals surface area contributed by atoms with Crippen LogP contribution in [0.1, 0.15) is 10.4 Å². The Morgan fingerprint density at radius 1 is 1.75 bits per heavy atom. The first-order chi connectivity index (χ1) is 5.65. The Morgan fingerprint density at radius 2 is 2.42 bits per heavy atom. The van der Waals surface area contributed by atoms with Gasteiger partial charge in [0, 0.05) is 13.2 Å². The predicted octanol–water partition coefficient (Wildman–Crippen LogP) is 0.677. The zero-order chi connectivity index (χ0) is 9.14. The van der Waals surface area contributed by atoms with Gasteiger partial charge in [-0.2, -0.15) is 0 Å². The number of carbonyl (C=O) groups excluding carboxylic acids is 1. The molecule has 0 aliphatic carbocycles. The normalized spacial score (nSPS) is 9.50. The van der Waals surface area contributed by atoms with Crippen LogP contribution in [0.25, 0.3) is 0 Å². The minimum Gasteiger partial charge on any atom is -0.396 e. The Morgan fingerprint density at radius 3 is 2.92 bits per heavy atom. The summed E-state index contributed by atoms with van der Waals surface area (Å²) >= 11 is 5.56. The predicted molar refractivity (Wildman–Crippen MR) is 47.0 cm³/mol. The van der Waals surface area contributed by atoms with Crippen molar-refractivity contribution in [2.45, 2.75) is 0 Å². The van der Waals surface area contributed by atoms with Crippen LogP contribution in [0.15, 0.2) is 12.3 Å². The third-order valence-electron chi connectivity index (χ3n) is 1.36. The molecule has 0 saturated heterocycles. The summed E-state index contributed by atoms with van der Waals surface area (Å²) in [6.45, 7) is 0. The molecule has 1 amide bonds. The smallest absolute Gasteiger partial charge is 0.252 e. The first-order valence-corrected chi connectivity index (χ1v) is 3.66. The van der Waals surface area contributed by atoms with Crippen LogP contribution in [0.2, 0.25) is 5.15 Å². The molecule has 4 nitrogen and oxygen atoms in total. The maximum atomic E-state index is 11.0. The van der Waals surface area contributed by atoms with Gasteiger partial charge in [0.1, 0.15) is 0 Å². The highest BCUT2D eigenvalue weighted by Gasteiger charge is 2.05. The van der Waals surface area contributed by atoms with E-state index in [1.54, 1.807) is 0 Å². The number of hydrogen-bond donors (Lipinski definition) is 2. The van der Waals surface area contributed by atoms with Crippen LogP contribution in [0, 0.1) is 0 Å². The SMILES string of the molecule is CNC(=O)c1cnc(Cl)c(N)c1. The molecule has 0 spiro atoms. The van der Waals surface area contributed by atoms with E-state index in [0.717, 1.165) is 0 Å². The van der Waals surface area contributed by atoms with Crippen LogP contribution in [0.3, 0.4) is 0 Å². The first-order valence-electron chi connectivity index (χ1n) is 3.28. The minimum atomic E-state index is -0.231. The lowest BCUT2D eigenvalue weighted by atomic mass is 10.2. The summed E-state index contributed by atoms with van der Waals surface area (Å²) in [4.78, 5) is 14.8. The highest BCUT2D eigenvalue weighted by Crippen LogP contribution is 2.15. The van der Waals surface area contributed by atoms with E-state index in [0.29, 0.717) is 11.3 Å². The van der Waals surface area contributed by atoms with E-state index in [2.05, 4.69) is 10.3 Å². The molecule has 0 saturated carbocycles. The van der Waals surface area contributed by atoms with Gasteiger partial charge in [0.15, 0.2) is 5.15 Å². The van der Waals surface area contributed by atoms with Crippen LogP contribution in [-0.2, 0) is 0 Å². The van der Waals surface area contributed by atoms with Crippen molar-refractivity contribution in [2.75, 3.05) is 12.8 Å². The van der Waals surface area contributed by atoms with Crippen LogP contribution >= 0.6 is 11.6 Å². The minimum absolute atomic E-state index is 0.211. The van der Waals surface area contributed by atoms with E-state index in [1.165, 1.54) is 19.3 Å². The number of nitrogens with zero attached hydrogens (tertiary/aromatic N) is 1. The van der Waals surface area contributed by atoms with E-state index < -0.39 is 0 Å². The van der Waals surface area contributed by atoms with Gasteiger partial charge in [0.25, 0.3) is 5.91 Å². The molecule has 12 heavy (non-hydrogen) atoms. The van der Waals surface area contributed by atoms with E-state index in [-0.39, 0.29) is 11.1 Å². The molecular weight excluding hydrogens is 178 g/mol. The number of nitrogens with one attached hydrogen (secondary N) is 1. The number of halogens is 1.